The van der Waals surface area contributed by atoms with Gasteiger partial charge in [0.1, 0.15) is 5.82 Å². The Labute approximate surface area is 94.4 Å². The van der Waals surface area contributed by atoms with Crippen molar-refractivity contribution in [1.29, 1.82) is 0 Å². The van der Waals surface area contributed by atoms with E-state index in [0.29, 0.717) is 0 Å². The van der Waals surface area contributed by atoms with Gasteiger partial charge in [0, 0.05) is 25.9 Å². The number of rotatable bonds is 2. The number of thioether (sulfide) groups is 1. The van der Waals surface area contributed by atoms with Gasteiger partial charge in [0.25, 0.3) is 0 Å². The topological polar surface area (TPSA) is 40.7 Å². The van der Waals surface area contributed by atoms with Crippen molar-refractivity contribution in [1.82, 2.24) is 15.3 Å². The lowest BCUT2D eigenvalue weighted by Crippen LogP contribution is -2.23. The quantitative estimate of drug-likeness (QED) is 0.795. The second-order valence-electron chi connectivity index (χ2n) is 4.47. The SMILES string of the molecule is C1Cc2nc(CC3CCSC3)[nH]c2CN1. The minimum absolute atomic E-state index is 0.857. The molecule has 3 nitrogen and oxygen atoms in total. The zero-order valence-corrected chi connectivity index (χ0v) is 9.70. The van der Waals surface area contributed by atoms with Crippen molar-refractivity contribution in [3.63, 3.8) is 0 Å². The third-order valence-corrected chi connectivity index (χ3v) is 4.49. The van der Waals surface area contributed by atoms with Crippen molar-refractivity contribution in [3.8, 4) is 0 Å². The number of aromatic amines is 1. The lowest BCUT2D eigenvalue weighted by atomic mass is 10.1. The second-order valence-corrected chi connectivity index (χ2v) is 5.62. The molecule has 3 heterocycles. The number of hydrogen-bond acceptors (Lipinski definition) is 3. The average molecular weight is 223 g/mol. The first-order valence-electron chi connectivity index (χ1n) is 5.77. The monoisotopic (exact) mass is 223 g/mol. The Morgan fingerprint density at radius 1 is 1.47 bits per heavy atom. The Morgan fingerprint density at radius 2 is 2.47 bits per heavy atom. The third-order valence-electron chi connectivity index (χ3n) is 3.26. The summed E-state index contributed by atoms with van der Waals surface area (Å²) in [4.78, 5) is 8.19. The largest absolute Gasteiger partial charge is 0.345 e. The average Bonchev–Trinajstić information content (AvgIpc) is 2.86. The molecule has 0 bridgehead atoms. The van der Waals surface area contributed by atoms with E-state index in [4.69, 9.17) is 4.98 Å². The van der Waals surface area contributed by atoms with E-state index in [1.807, 2.05) is 0 Å². The molecule has 0 saturated carbocycles. The van der Waals surface area contributed by atoms with Gasteiger partial charge >= 0.3 is 0 Å². The van der Waals surface area contributed by atoms with Crippen molar-refractivity contribution >= 4 is 11.8 Å². The van der Waals surface area contributed by atoms with Gasteiger partial charge in [-0.25, -0.2) is 4.98 Å². The molecule has 3 rings (SSSR count). The Bertz CT molecular complexity index is 318. The smallest absolute Gasteiger partial charge is 0.106 e. The van der Waals surface area contributed by atoms with Crippen LogP contribution in [0.5, 0.6) is 0 Å². The van der Waals surface area contributed by atoms with Crippen LogP contribution in [0.1, 0.15) is 23.6 Å². The van der Waals surface area contributed by atoms with Crippen LogP contribution in [0.15, 0.2) is 0 Å². The maximum atomic E-state index is 4.71. The fourth-order valence-electron chi connectivity index (χ4n) is 2.39. The molecule has 1 unspecified atom stereocenters. The molecule has 0 aliphatic carbocycles. The van der Waals surface area contributed by atoms with Crippen molar-refractivity contribution in [3.05, 3.63) is 17.2 Å². The zero-order valence-electron chi connectivity index (χ0n) is 8.88. The first-order chi connectivity index (χ1) is 7.42. The summed E-state index contributed by atoms with van der Waals surface area (Å²) in [5, 5.41) is 3.37. The Balaban J connectivity index is 1.72. The van der Waals surface area contributed by atoms with Crippen LogP contribution in [0, 0.1) is 5.92 Å². The van der Waals surface area contributed by atoms with Crippen LogP contribution in [-0.4, -0.2) is 28.0 Å². The molecule has 0 spiro atoms. The molecule has 15 heavy (non-hydrogen) atoms. The van der Waals surface area contributed by atoms with Crippen LogP contribution in [0.2, 0.25) is 0 Å². The highest BCUT2D eigenvalue weighted by Crippen LogP contribution is 2.26. The molecule has 2 N–H and O–H groups in total. The molecule has 1 saturated heterocycles. The van der Waals surface area contributed by atoms with Gasteiger partial charge in [-0.2, -0.15) is 11.8 Å². The van der Waals surface area contributed by atoms with E-state index in [2.05, 4.69) is 22.1 Å². The van der Waals surface area contributed by atoms with E-state index in [1.165, 1.54) is 35.1 Å². The Morgan fingerprint density at radius 3 is 3.27 bits per heavy atom. The van der Waals surface area contributed by atoms with Crippen molar-refractivity contribution in [2.75, 3.05) is 18.1 Å². The van der Waals surface area contributed by atoms with Gasteiger partial charge in [0.05, 0.1) is 11.4 Å². The molecule has 4 heteroatoms. The van der Waals surface area contributed by atoms with E-state index >= 15 is 0 Å². The molecule has 0 aromatic carbocycles. The third kappa shape index (κ3) is 2.06. The molecule has 0 amide bonds. The molecule has 1 atom stereocenters. The molecule has 1 fully saturated rings. The van der Waals surface area contributed by atoms with Gasteiger partial charge < -0.3 is 10.3 Å². The summed E-state index contributed by atoms with van der Waals surface area (Å²) in [6.07, 6.45) is 3.61. The molecule has 0 radical (unpaired) electrons. The predicted molar refractivity (Wildman–Crippen MR) is 63.1 cm³/mol. The predicted octanol–water partition coefficient (Wildman–Crippen LogP) is 1.35. The summed E-state index contributed by atoms with van der Waals surface area (Å²) in [5.41, 5.74) is 2.62. The number of hydrogen-bond donors (Lipinski definition) is 2. The Hall–Kier alpha value is -0.480. The summed E-state index contributed by atoms with van der Waals surface area (Å²) in [6, 6.07) is 0. The molecular formula is C11H17N3S. The number of imidazole rings is 1. The van der Waals surface area contributed by atoms with Crippen molar-refractivity contribution in [2.24, 2.45) is 5.92 Å². The van der Waals surface area contributed by atoms with Gasteiger partial charge in [-0.1, -0.05) is 0 Å². The number of H-pyrrole nitrogens is 1. The minimum atomic E-state index is 0.857. The maximum Gasteiger partial charge on any atom is 0.106 e. The minimum Gasteiger partial charge on any atom is -0.345 e. The number of nitrogens with zero attached hydrogens (tertiary/aromatic N) is 1. The summed E-state index contributed by atoms with van der Waals surface area (Å²) in [5.74, 6) is 4.74. The van der Waals surface area contributed by atoms with Gasteiger partial charge in [-0.05, 0) is 23.8 Å². The van der Waals surface area contributed by atoms with Gasteiger partial charge in [0.15, 0.2) is 0 Å². The summed E-state index contributed by atoms with van der Waals surface area (Å²) >= 11 is 2.08. The first-order valence-corrected chi connectivity index (χ1v) is 6.92. The number of aromatic nitrogens is 2. The van der Waals surface area contributed by atoms with Gasteiger partial charge in [-0.15, -0.1) is 0 Å². The standard InChI is InChI=1S/C11H17N3S/c1-3-12-6-10-9(1)13-11(14-10)5-8-2-4-15-7-8/h8,12H,1-7H2,(H,13,14). The fourth-order valence-corrected chi connectivity index (χ4v) is 3.68. The van der Waals surface area contributed by atoms with Crippen LogP contribution < -0.4 is 5.32 Å². The molecule has 2 aliphatic heterocycles. The highest BCUT2D eigenvalue weighted by Gasteiger charge is 2.19. The van der Waals surface area contributed by atoms with Crippen molar-refractivity contribution in [2.45, 2.75) is 25.8 Å². The molecular weight excluding hydrogens is 206 g/mol. The highest BCUT2D eigenvalue weighted by atomic mass is 32.2. The van der Waals surface area contributed by atoms with Crippen LogP contribution in [0.25, 0.3) is 0 Å². The lowest BCUT2D eigenvalue weighted by molar-refractivity contribution is 0.578. The van der Waals surface area contributed by atoms with Gasteiger partial charge in [0.2, 0.25) is 0 Å². The molecule has 82 valence electrons. The fraction of sp³-hybridized carbons (Fsp3) is 0.727. The summed E-state index contributed by atoms with van der Waals surface area (Å²) in [7, 11) is 0. The van der Waals surface area contributed by atoms with E-state index in [1.54, 1.807) is 0 Å². The van der Waals surface area contributed by atoms with Crippen molar-refractivity contribution < 1.29 is 0 Å². The number of nitrogens with one attached hydrogen (secondary N) is 2. The van der Waals surface area contributed by atoms with Crippen LogP contribution in [-0.2, 0) is 19.4 Å². The maximum absolute atomic E-state index is 4.71. The number of fused-ring (bicyclic) bond motifs is 1. The van der Waals surface area contributed by atoms with E-state index < -0.39 is 0 Å². The highest BCUT2D eigenvalue weighted by molar-refractivity contribution is 7.99. The zero-order chi connectivity index (χ0) is 10.1. The van der Waals surface area contributed by atoms with E-state index in [-0.39, 0.29) is 0 Å². The lowest BCUT2D eigenvalue weighted by Gasteiger charge is -2.09. The summed E-state index contributed by atoms with van der Waals surface area (Å²) < 4.78 is 0. The van der Waals surface area contributed by atoms with Gasteiger partial charge in [-0.3, -0.25) is 0 Å². The molecule has 1 aromatic heterocycles. The van der Waals surface area contributed by atoms with Crippen LogP contribution >= 0.6 is 11.8 Å². The van der Waals surface area contributed by atoms with Crippen LogP contribution in [0.3, 0.4) is 0 Å². The normalized spacial score (nSPS) is 25.5. The first kappa shape index (κ1) is 9.73. The van der Waals surface area contributed by atoms with E-state index in [9.17, 15) is 0 Å². The molecule has 2 aliphatic rings. The summed E-state index contributed by atoms with van der Waals surface area (Å²) in [6.45, 7) is 2.05. The second kappa shape index (κ2) is 4.18. The molecule has 1 aromatic rings. The van der Waals surface area contributed by atoms with Crippen LogP contribution in [0.4, 0.5) is 0 Å². The van der Waals surface area contributed by atoms with E-state index in [0.717, 1.165) is 31.8 Å². The Kier molecular flexibility index (Phi) is 2.71.